The van der Waals surface area contributed by atoms with E-state index in [0.717, 1.165) is 16.3 Å². The van der Waals surface area contributed by atoms with Gasteiger partial charge in [0.15, 0.2) is 5.13 Å². The Hall–Kier alpha value is -4.19. The van der Waals surface area contributed by atoms with Crippen molar-refractivity contribution in [3.8, 4) is 11.3 Å². The minimum atomic E-state index is -0.767. The average Bonchev–Trinajstić information content (AvgIpc) is 3.41. The lowest BCUT2D eigenvalue weighted by molar-refractivity contribution is 0.0240. The Bertz CT molecular complexity index is 1370. The van der Waals surface area contributed by atoms with Crippen LogP contribution in [0.25, 0.3) is 11.3 Å². The van der Waals surface area contributed by atoms with Crippen LogP contribution in [0.1, 0.15) is 51.2 Å². The Morgan fingerprint density at radius 3 is 2.24 bits per heavy atom. The quantitative estimate of drug-likeness (QED) is 0.411. The molecule has 0 aliphatic carbocycles. The summed E-state index contributed by atoms with van der Waals surface area (Å²) < 4.78 is 10.9. The number of nitrogens with zero attached hydrogens (tertiary/aromatic N) is 5. The lowest BCUT2D eigenvalue weighted by Crippen LogP contribution is -2.50. The van der Waals surface area contributed by atoms with Gasteiger partial charge in [0, 0.05) is 37.9 Å². The van der Waals surface area contributed by atoms with E-state index in [2.05, 4.69) is 15.4 Å². The Morgan fingerprint density at radius 1 is 0.902 bits per heavy atom. The SMILES string of the molecule is CC(C)(C)OC(=O)NN(C(=O)c1cnc(N2CCN(C(=O)OC(C)(C)C)CC2)s1)c1cccc(-c2ccccn2)c1. The number of amides is 3. The summed E-state index contributed by atoms with van der Waals surface area (Å²) in [4.78, 5) is 51.9. The highest BCUT2D eigenvalue weighted by Crippen LogP contribution is 2.28. The molecule has 41 heavy (non-hydrogen) atoms. The molecule has 1 N–H and O–H groups in total. The second-order valence-electron chi connectivity index (χ2n) is 11.5. The minimum Gasteiger partial charge on any atom is -0.444 e. The van der Waals surface area contributed by atoms with Gasteiger partial charge in [-0.2, -0.15) is 0 Å². The van der Waals surface area contributed by atoms with E-state index in [1.807, 2.05) is 49.9 Å². The zero-order valence-corrected chi connectivity index (χ0v) is 25.0. The van der Waals surface area contributed by atoms with Crippen molar-refractivity contribution in [1.82, 2.24) is 20.3 Å². The number of carbonyl (C=O) groups excluding carboxylic acids is 3. The van der Waals surface area contributed by atoms with Crippen molar-refractivity contribution in [2.45, 2.75) is 52.7 Å². The van der Waals surface area contributed by atoms with Gasteiger partial charge in [-0.3, -0.25) is 9.78 Å². The number of pyridine rings is 1. The maximum atomic E-state index is 13.8. The van der Waals surface area contributed by atoms with Gasteiger partial charge in [0.05, 0.1) is 17.6 Å². The molecule has 1 aliphatic rings. The molecule has 218 valence electrons. The van der Waals surface area contributed by atoms with Gasteiger partial charge in [-0.15, -0.1) is 0 Å². The topological polar surface area (TPSA) is 117 Å². The van der Waals surface area contributed by atoms with Gasteiger partial charge in [0.1, 0.15) is 16.1 Å². The molecule has 0 spiro atoms. The summed E-state index contributed by atoms with van der Waals surface area (Å²) in [6, 6.07) is 12.7. The van der Waals surface area contributed by atoms with Crippen LogP contribution < -0.4 is 15.3 Å². The first-order valence-electron chi connectivity index (χ1n) is 13.3. The molecule has 3 amide bonds. The van der Waals surface area contributed by atoms with E-state index in [-0.39, 0.29) is 6.09 Å². The number of piperazine rings is 1. The highest BCUT2D eigenvalue weighted by Gasteiger charge is 2.29. The monoisotopic (exact) mass is 580 g/mol. The molecule has 0 saturated carbocycles. The van der Waals surface area contributed by atoms with Crippen LogP contribution in [0.3, 0.4) is 0 Å². The van der Waals surface area contributed by atoms with Crippen molar-refractivity contribution >= 4 is 40.2 Å². The van der Waals surface area contributed by atoms with Crippen LogP contribution in [-0.4, -0.2) is 70.3 Å². The van der Waals surface area contributed by atoms with Gasteiger partial charge in [0.25, 0.3) is 5.91 Å². The molecule has 0 radical (unpaired) electrons. The number of thiazole rings is 1. The fourth-order valence-corrected chi connectivity index (χ4v) is 4.89. The molecular formula is C29H36N6O5S. The first kappa shape index (κ1) is 29.8. The average molecular weight is 581 g/mol. The Kier molecular flexibility index (Phi) is 8.81. The van der Waals surface area contributed by atoms with Crippen LogP contribution >= 0.6 is 11.3 Å². The number of ether oxygens (including phenoxy) is 2. The van der Waals surface area contributed by atoms with Crippen molar-refractivity contribution in [2.24, 2.45) is 0 Å². The molecule has 1 aliphatic heterocycles. The van der Waals surface area contributed by atoms with E-state index >= 15 is 0 Å². The third-order valence-electron chi connectivity index (χ3n) is 5.78. The van der Waals surface area contributed by atoms with E-state index < -0.39 is 23.2 Å². The number of hydrogen-bond acceptors (Lipinski definition) is 9. The number of hydrazine groups is 1. The number of carbonyl (C=O) groups is 3. The maximum absolute atomic E-state index is 13.8. The summed E-state index contributed by atoms with van der Waals surface area (Å²) in [7, 11) is 0. The fraction of sp³-hybridized carbons (Fsp3) is 0.414. The van der Waals surface area contributed by atoms with Crippen LogP contribution in [0.2, 0.25) is 0 Å². The van der Waals surface area contributed by atoms with Crippen molar-refractivity contribution < 1.29 is 23.9 Å². The van der Waals surface area contributed by atoms with Crippen molar-refractivity contribution in [3.05, 3.63) is 59.7 Å². The van der Waals surface area contributed by atoms with Crippen LogP contribution in [0.4, 0.5) is 20.4 Å². The Labute approximate surface area is 244 Å². The highest BCUT2D eigenvalue weighted by molar-refractivity contribution is 7.17. The van der Waals surface area contributed by atoms with Gasteiger partial charge < -0.3 is 19.3 Å². The van der Waals surface area contributed by atoms with Crippen LogP contribution in [0.15, 0.2) is 54.9 Å². The zero-order valence-electron chi connectivity index (χ0n) is 24.2. The first-order valence-corrected chi connectivity index (χ1v) is 14.1. The smallest absolute Gasteiger partial charge is 0.427 e. The minimum absolute atomic E-state index is 0.328. The molecule has 0 unspecified atom stereocenters. The third kappa shape index (κ3) is 8.16. The lowest BCUT2D eigenvalue weighted by Gasteiger charge is -2.35. The predicted molar refractivity (Wildman–Crippen MR) is 158 cm³/mol. The van der Waals surface area contributed by atoms with Gasteiger partial charge in [-0.25, -0.2) is 25.0 Å². The molecule has 2 aromatic heterocycles. The summed E-state index contributed by atoms with van der Waals surface area (Å²) in [5.74, 6) is -0.467. The second-order valence-corrected chi connectivity index (χ2v) is 12.5. The number of aromatic nitrogens is 2. The Balaban J connectivity index is 1.53. The Morgan fingerprint density at radius 2 is 1.61 bits per heavy atom. The first-order chi connectivity index (χ1) is 19.3. The van der Waals surface area contributed by atoms with E-state index in [4.69, 9.17) is 9.47 Å². The molecule has 3 aromatic rings. The second kappa shape index (κ2) is 12.1. The van der Waals surface area contributed by atoms with E-state index in [9.17, 15) is 14.4 Å². The number of hydrogen-bond donors (Lipinski definition) is 1. The molecular weight excluding hydrogens is 544 g/mol. The summed E-state index contributed by atoms with van der Waals surface area (Å²) in [6.07, 6.45) is 2.08. The highest BCUT2D eigenvalue weighted by atomic mass is 32.1. The molecule has 1 aromatic carbocycles. The molecule has 0 bridgehead atoms. The van der Waals surface area contributed by atoms with E-state index in [0.29, 0.717) is 41.9 Å². The van der Waals surface area contributed by atoms with E-state index in [1.54, 1.807) is 50.1 Å². The van der Waals surface area contributed by atoms with Crippen molar-refractivity contribution in [3.63, 3.8) is 0 Å². The lowest BCUT2D eigenvalue weighted by atomic mass is 10.1. The van der Waals surface area contributed by atoms with Gasteiger partial charge >= 0.3 is 12.2 Å². The van der Waals surface area contributed by atoms with Gasteiger partial charge in [-0.05, 0) is 65.8 Å². The number of nitrogens with one attached hydrogen (secondary N) is 1. The zero-order chi connectivity index (χ0) is 29.8. The molecule has 0 atom stereocenters. The van der Waals surface area contributed by atoms with Crippen LogP contribution in [-0.2, 0) is 9.47 Å². The molecule has 1 fully saturated rings. The van der Waals surface area contributed by atoms with Gasteiger partial charge in [0.2, 0.25) is 0 Å². The largest absolute Gasteiger partial charge is 0.444 e. The summed E-state index contributed by atoms with van der Waals surface area (Å²) in [5.41, 5.74) is 3.22. The number of benzene rings is 1. The third-order valence-corrected chi connectivity index (χ3v) is 6.82. The van der Waals surface area contributed by atoms with E-state index in [1.165, 1.54) is 17.5 Å². The fourth-order valence-electron chi connectivity index (χ4n) is 3.99. The van der Waals surface area contributed by atoms with Crippen LogP contribution in [0.5, 0.6) is 0 Å². The van der Waals surface area contributed by atoms with Crippen LogP contribution in [0, 0.1) is 0 Å². The summed E-state index contributed by atoms with van der Waals surface area (Å²) in [6.45, 7) is 12.8. The van der Waals surface area contributed by atoms with Crippen molar-refractivity contribution in [2.75, 3.05) is 36.1 Å². The molecule has 1 saturated heterocycles. The number of anilines is 2. The standard InChI is InChI=1S/C29H36N6O5S/c1-28(2,3)39-26(37)32-35(21-11-9-10-20(18-21)22-12-7-8-13-30-22)24(36)23-19-31-25(41-23)33-14-16-34(17-15-33)27(38)40-29(4,5)6/h7-13,18-19H,14-17H2,1-6H3,(H,32,37). The maximum Gasteiger partial charge on any atom is 0.427 e. The van der Waals surface area contributed by atoms with Gasteiger partial charge in [-0.1, -0.05) is 29.5 Å². The normalized spacial score (nSPS) is 13.9. The molecule has 11 nitrogen and oxygen atoms in total. The van der Waals surface area contributed by atoms with Crippen molar-refractivity contribution in [1.29, 1.82) is 0 Å². The molecule has 4 rings (SSSR count). The molecule has 3 heterocycles. The number of rotatable bonds is 4. The summed E-state index contributed by atoms with van der Waals surface area (Å²) in [5, 5.41) is 1.81. The molecule has 12 heteroatoms. The summed E-state index contributed by atoms with van der Waals surface area (Å²) >= 11 is 1.22. The predicted octanol–water partition coefficient (Wildman–Crippen LogP) is 5.35.